The lowest BCUT2D eigenvalue weighted by molar-refractivity contribution is 0.596. The van der Waals surface area contributed by atoms with Crippen molar-refractivity contribution < 1.29 is 8.42 Å². The number of nitrogens with two attached hydrogens (primary N) is 1. The van der Waals surface area contributed by atoms with Crippen LogP contribution in [0.25, 0.3) is 0 Å². The fourth-order valence-corrected chi connectivity index (χ4v) is 2.63. The first-order chi connectivity index (χ1) is 8.81. The summed E-state index contributed by atoms with van der Waals surface area (Å²) in [4.78, 5) is 4.21. The molecule has 5 nitrogen and oxygen atoms in total. The maximum atomic E-state index is 12.0. The molecule has 0 aliphatic rings. The summed E-state index contributed by atoms with van der Waals surface area (Å²) in [7, 11) is -3.35. The van der Waals surface area contributed by atoms with Crippen molar-refractivity contribution in [2.24, 2.45) is 10.7 Å². The van der Waals surface area contributed by atoms with Crippen LogP contribution in [0.2, 0.25) is 5.02 Å². The molecule has 0 bridgehead atoms. The van der Waals surface area contributed by atoms with Gasteiger partial charge in [-0.05, 0) is 38.1 Å². The highest BCUT2D eigenvalue weighted by atomic mass is 35.5. The number of nitrogens with one attached hydrogen (secondary N) is 1. The molecule has 106 valence electrons. The Morgan fingerprint density at radius 3 is 2.47 bits per heavy atom. The first-order valence-electron chi connectivity index (χ1n) is 5.86. The summed E-state index contributed by atoms with van der Waals surface area (Å²) in [5, 5.41) is 3.39. The first-order valence-corrected chi connectivity index (χ1v) is 7.89. The SMILES string of the molecule is CC(C)NC(N)=NCCS(=O)(=O)c1ccc(Cl)cc1. The van der Waals surface area contributed by atoms with Crippen LogP contribution >= 0.6 is 11.6 Å². The van der Waals surface area contributed by atoms with Crippen molar-refractivity contribution in [2.45, 2.75) is 24.8 Å². The molecule has 1 rings (SSSR count). The smallest absolute Gasteiger partial charge is 0.188 e. The predicted molar refractivity (Wildman–Crippen MR) is 78.3 cm³/mol. The zero-order valence-electron chi connectivity index (χ0n) is 10.9. The molecule has 0 aliphatic heterocycles. The first kappa shape index (κ1) is 15.8. The van der Waals surface area contributed by atoms with Gasteiger partial charge in [-0.25, -0.2) is 8.42 Å². The molecule has 7 heteroatoms. The summed E-state index contributed by atoms with van der Waals surface area (Å²) in [5.41, 5.74) is 5.59. The van der Waals surface area contributed by atoms with Crippen molar-refractivity contribution in [3.63, 3.8) is 0 Å². The van der Waals surface area contributed by atoms with Crippen LogP contribution in [0.3, 0.4) is 0 Å². The number of benzene rings is 1. The summed E-state index contributed by atoms with van der Waals surface area (Å²) >= 11 is 5.71. The highest BCUT2D eigenvalue weighted by Gasteiger charge is 2.13. The second-order valence-corrected chi connectivity index (χ2v) is 6.88. The Labute approximate surface area is 118 Å². The number of hydrogen-bond donors (Lipinski definition) is 2. The summed E-state index contributed by atoms with van der Waals surface area (Å²) in [6, 6.07) is 6.23. The van der Waals surface area contributed by atoms with E-state index in [2.05, 4.69) is 10.3 Å². The third-order valence-corrected chi connectivity index (χ3v) is 4.21. The van der Waals surface area contributed by atoms with Gasteiger partial charge in [0.05, 0.1) is 17.2 Å². The highest BCUT2D eigenvalue weighted by Crippen LogP contribution is 2.15. The zero-order valence-corrected chi connectivity index (χ0v) is 12.5. The molecule has 0 saturated carbocycles. The number of nitrogens with zero attached hydrogens (tertiary/aromatic N) is 1. The molecule has 0 heterocycles. The molecule has 0 spiro atoms. The summed E-state index contributed by atoms with van der Waals surface area (Å²) in [6.07, 6.45) is 0. The maximum absolute atomic E-state index is 12.0. The molecule has 0 atom stereocenters. The van der Waals surface area contributed by atoms with E-state index in [9.17, 15) is 8.42 Å². The van der Waals surface area contributed by atoms with Gasteiger partial charge in [-0.2, -0.15) is 0 Å². The Kier molecular flexibility index (Phi) is 5.62. The molecule has 1 aromatic carbocycles. The fraction of sp³-hybridized carbons (Fsp3) is 0.417. The average molecular weight is 304 g/mol. The van der Waals surface area contributed by atoms with Crippen molar-refractivity contribution in [2.75, 3.05) is 12.3 Å². The van der Waals surface area contributed by atoms with E-state index in [4.69, 9.17) is 17.3 Å². The topological polar surface area (TPSA) is 84.5 Å². The molecule has 0 saturated heterocycles. The van der Waals surface area contributed by atoms with E-state index in [0.29, 0.717) is 5.02 Å². The third-order valence-electron chi connectivity index (χ3n) is 2.25. The van der Waals surface area contributed by atoms with Gasteiger partial charge in [0.1, 0.15) is 0 Å². The number of hydrogen-bond acceptors (Lipinski definition) is 3. The Morgan fingerprint density at radius 2 is 1.95 bits per heavy atom. The number of halogens is 1. The molecule has 0 aromatic heterocycles. The second kappa shape index (κ2) is 6.77. The number of aliphatic imine (C=N–C) groups is 1. The normalized spacial score (nSPS) is 12.7. The van der Waals surface area contributed by atoms with Crippen molar-refractivity contribution in [1.82, 2.24) is 5.32 Å². The molecule has 3 N–H and O–H groups in total. The van der Waals surface area contributed by atoms with Crippen LogP contribution in [-0.2, 0) is 9.84 Å². The third kappa shape index (κ3) is 5.48. The standard InChI is InChI=1S/C12H18ClN3O2S/c1-9(2)16-12(14)15-7-8-19(17,18)11-5-3-10(13)4-6-11/h3-6,9H,7-8H2,1-2H3,(H3,14,15,16). The van der Waals surface area contributed by atoms with Gasteiger partial charge in [-0.15, -0.1) is 0 Å². The van der Waals surface area contributed by atoms with Crippen LogP contribution in [0, 0.1) is 0 Å². The summed E-state index contributed by atoms with van der Waals surface area (Å²) in [5.74, 6) is 0.163. The van der Waals surface area contributed by atoms with Crippen molar-refractivity contribution in [3.8, 4) is 0 Å². The van der Waals surface area contributed by atoms with Crippen LogP contribution < -0.4 is 11.1 Å². The van der Waals surface area contributed by atoms with Gasteiger partial charge < -0.3 is 11.1 Å². The van der Waals surface area contributed by atoms with Gasteiger partial charge in [0.15, 0.2) is 15.8 Å². The van der Waals surface area contributed by atoms with Crippen LogP contribution in [0.1, 0.15) is 13.8 Å². The Bertz CT molecular complexity index is 539. The van der Waals surface area contributed by atoms with E-state index < -0.39 is 9.84 Å². The van der Waals surface area contributed by atoms with Gasteiger partial charge in [0.25, 0.3) is 0 Å². The minimum absolute atomic E-state index is 0.0882. The lowest BCUT2D eigenvalue weighted by atomic mass is 10.4. The predicted octanol–water partition coefficient (Wildman–Crippen LogP) is 1.43. The summed E-state index contributed by atoms with van der Waals surface area (Å²) in [6.45, 7) is 3.97. The molecule has 1 aromatic rings. The van der Waals surface area contributed by atoms with Gasteiger partial charge in [0.2, 0.25) is 0 Å². The van der Waals surface area contributed by atoms with E-state index in [-0.39, 0.29) is 29.2 Å². The lowest BCUT2D eigenvalue weighted by Crippen LogP contribution is -2.37. The van der Waals surface area contributed by atoms with Gasteiger partial charge in [0, 0.05) is 11.1 Å². The number of rotatable bonds is 5. The van der Waals surface area contributed by atoms with Crippen molar-refractivity contribution in [1.29, 1.82) is 0 Å². The lowest BCUT2D eigenvalue weighted by Gasteiger charge is -2.08. The van der Waals surface area contributed by atoms with Crippen molar-refractivity contribution >= 4 is 27.4 Å². The van der Waals surface area contributed by atoms with E-state index in [1.54, 1.807) is 12.1 Å². The molecule has 0 fully saturated rings. The van der Waals surface area contributed by atoms with Crippen LogP contribution in [0.15, 0.2) is 34.2 Å². The molecule has 0 aliphatic carbocycles. The van der Waals surface area contributed by atoms with E-state index in [1.165, 1.54) is 12.1 Å². The molecule has 0 amide bonds. The van der Waals surface area contributed by atoms with Gasteiger partial charge in [-0.1, -0.05) is 11.6 Å². The van der Waals surface area contributed by atoms with E-state index >= 15 is 0 Å². The fourth-order valence-electron chi connectivity index (χ4n) is 1.39. The van der Waals surface area contributed by atoms with Crippen LogP contribution in [0.4, 0.5) is 0 Å². The summed E-state index contributed by atoms with van der Waals surface area (Å²) < 4.78 is 23.9. The number of guanidine groups is 1. The van der Waals surface area contributed by atoms with Crippen LogP contribution in [-0.4, -0.2) is 32.7 Å². The quantitative estimate of drug-likeness (QED) is 0.636. The monoisotopic (exact) mass is 303 g/mol. The van der Waals surface area contributed by atoms with Gasteiger partial charge in [-0.3, -0.25) is 4.99 Å². The molecular formula is C12H18ClN3O2S. The molecule has 19 heavy (non-hydrogen) atoms. The van der Waals surface area contributed by atoms with Crippen molar-refractivity contribution in [3.05, 3.63) is 29.3 Å². The average Bonchev–Trinajstić information content (AvgIpc) is 2.28. The minimum Gasteiger partial charge on any atom is -0.370 e. The Morgan fingerprint density at radius 1 is 1.37 bits per heavy atom. The number of sulfone groups is 1. The zero-order chi connectivity index (χ0) is 14.5. The Hall–Kier alpha value is -1.27. The molecular weight excluding hydrogens is 286 g/mol. The van der Waals surface area contributed by atoms with E-state index in [1.807, 2.05) is 13.8 Å². The second-order valence-electron chi connectivity index (χ2n) is 4.34. The maximum Gasteiger partial charge on any atom is 0.188 e. The Balaban J connectivity index is 2.64. The van der Waals surface area contributed by atoms with E-state index in [0.717, 1.165) is 0 Å². The largest absolute Gasteiger partial charge is 0.370 e. The van der Waals surface area contributed by atoms with Gasteiger partial charge >= 0.3 is 0 Å². The highest BCUT2D eigenvalue weighted by molar-refractivity contribution is 7.91. The minimum atomic E-state index is -3.35. The van der Waals surface area contributed by atoms with Crippen LogP contribution in [0.5, 0.6) is 0 Å². The molecule has 0 unspecified atom stereocenters. The molecule has 0 radical (unpaired) electrons.